The maximum Gasteiger partial charge on any atom is 0.323 e. The second-order valence-electron chi connectivity index (χ2n) is 9.35. The van der Waals surface area contributed by atoms with Crippen LogP contribution >= 0.6 is 0 Å². The minimum atomic E-state index is -0.506. The van der Waals surface area contributed by atoms with Crippen molar-refractivity contribution >= 4 is 23.3 Å². The number of anilines is 2. The van der Waals surface area contributed by atoms with E-state index in [1.165, 1.54) is 0 Å². The molecular weight excluding hydrogens is 434 g/mol. The largest absolute Gasteiger partial charge is 0.487 e. The van der Waals surface area contributed by atoms with E-state index in [4.69, 9.17) is 9.47 Å². The van der Waals surface area contributed by atoms with Gasteiger partial charge in [0.2, 0.25) is 5.91 Å². The second kappa shape index (κ2) is 10.0. The first kappa shape index (κ1) is 22.7. The first-order valence-electron chi connectivity index (χ1n) is 12.1. The summed E-state index contributed by atoms with van der Waals surface area (Å²) in [6.45, 7) is -0.180. The summed E-state index contributed by atoms with van der Waals surface area (Å²) >= 11 is 0. The van der Waals surface area contributed by atoms with Crippen molar-refractivity contribution in [3.63, 3.8) is 0 Å². The predicted octanol–water partition coefficient (Wildman–Crippen LogP) is 3.77. The van der Waals surface area contributed by atoms with Crippen molar-refractivity contribution in [1.29, 1.82) is 0 Å². The Kier molecular flexibility index (Phi) is 6.69. The number of fused-ring (bicyclic) bond motifs is 3. The molecule has 2 aromatic carbocycles. The Labute approximate surface area is 199 Å². The molecule has 2 aromatic rings. The van der Waals surface area contributed by atoms with E-state index in [9.17, 15) is 14.7 Å². The summed E-state index contributed by atoms with van der Waals surface area (Å²) in [5, 5.41) is 18.7. The number of hydrogen-bond acceptors (Lipinski definition) is 5. The number of para-hydroxylation sites is 1. The van der Waals surface area contributed by atoms with E-state index >= 15 is 0 Å². The van der Waals surface area contributed by atoms with E-state index in [1.54, 1.807) is 6.07 Å². The van der Waals surface area contributed by atoms with Crippen LogP contribution < -0.4 is 20.7 Å². The van der Waals surface area contributed by atoms with Gasteiger partial charge in [-0.15, -0.1) is 0 Å². The van der Waals surface area contributed by atoms with Gasteiger partial charge < -0.3 is 30.5 Å². The molecule has 4 N–H and O–H groups in total. The van der Waals surface area contributed by atoms with Crippen molar-refractivity contribution < 1.29 is 24.2 Å². The number of carbonyl (C=O) groups excluding carboxylic acids is 2. The molecule has 1 aliphatic carbocycles. The topological polar surface area (TPSA) is 109 Å². The molecule has 0 unspecified atom stereocenters. The summed E-state index contributed by atoms with van der Waals surface area (Å²) < 4.78 is 12.2. The summed E-state index contributed by atoms with van der Waals surface area (Å²) in [5.74, 6) is 0.699. The fourth-order valence-corrected chi connectivity index (χ4v) is 5.35. The number of nitrogens with one attached hydrogen (secondary N) is 3. The Morgan fingerprint density at radius 1 is 1.00 bits per heavy atom. The molecule has 2 aliphatic heterocycles. The van der Waals surface area contributed by atoms with Crippen LogP contribution in [0.1, 0.15) is 50.0 Å². The van der Waals surface area contributed by atoms with Gasteiger partial charge in [-0.2, -0.15) is 0 Å². The molecule has 34 heavy (non-hydrogen) atoms. The number of amides is 3. The Bertz CT molecular complexity index is 1020. The molecule has 3 amide bonds. The Morgan fingerprint density at radius 3 is 2.53 bits per heavy atom. The van der Waals surface area contributed by atoms with Crippen LogP contribution in [0, 0.1) is 0 Å². The van der Waals surface area contributed by atoms with Crippen LogP contribution in [-0.2, 0) is 9.53 Å². The highest BCUT2D eigenvalue weighted by molar-refractivity contribution is 5.99. The highest BCUT2D eigenvalue weighted by atomic mass is 16.6. The van der Waals surface area contributed by atoms with Crippen LogP contribution in [-0.4, -0.2) is 48.0 Å². The monoisotopic (exact) mass is 465 g/mol. The summed E-state index contributed by atoms with van der Waals surface area (Å²) in [6.07, 6.45) is 4.16. The maximum atomic E-state index is 12.6. The van der Waals surface area contributed by atoms with Crippen molar-refractivity contribution in [1.82, 2.24) is 5.32 Å². The zero-order valence-electron chi connectivity index (χ0n) is 19.0. The van der Waals surface area contributed by atoms with Crippen LogP contribution in [0.2, 0.25) is 0 Å². The van der Waals surface area contributed by atoms with Gasteiger partial charge >= 0.3 is 6.03 Å². The van der Waals surface area contributed by atoms with Crippen LogP contribution in [0.4, 0.5) is 16.2 Å². The number of benzene rings is 2. The van der Waals surface area contributed by atoms with Crippen molar-refractivity contribution in [3.05, 3.63) is 54.1 Å². The third-order valence-corrected chi connectivity index (χ3v) is 6.92. The molecule has 8 nitrogen and oxygen atoms in total. The fourth-order valence-electron chi connectivity index (χ4n) is 5.35. The van der Waals surface area contributed by atoms with Gasteiger partial charge in [0.1, 0.15) is 18.0 Å². The number of urea groups is 1. The summed E-state index contributed by atoms with van der Waals surface area (Å²) in [4.78, 5) is 25.0. The van der Waals surface area contributed by atoms with Gasteiger partial charge in [0.25, 0.3) is 0 Å². The zero-order chi connectivity index (χ0) is 23.5. The van der Waals surface area contributed by atoms with Gasteiger partial charge in [0.15, 0.2) is 0 Å². The van der Waals surface area contributed by atoms with Gasteiger partial charge in [-0.25, -0.2) is 4.79 Å². The Morgan fingerprint density at radius 2 is 1.76 bits per heavy atom. The molecule has 5 rings (SSSR count). The standard InChI is InChI=1S/C26H31N3O5/c30-15-23-25-21(13-19(33-23)14-24(31)27-16-8-4-5-9-16)20-12-18(10-11-22(20)34-25)29-26(32)28-17-6-2-1-3-7-17/h1-3,6-7,10-12,16,19,21,23,25,30H,4-5,8-9,13-15H2,(H,27,31)(H2,28,29,32)/t19-,21+,23+,25-/m0/s1. The van der Waals surface area contributed by atoms with Gasteiger partial charge in [-0.05, 0) is 49.6 Å². The van der Waals surface area contributed by atoms with E-state index in [1.807, 2.05) is 42.5 Å². The lowest BCUT2D eigenvalue weighted by Crippen LogP contribution is -2.47. The van der Waals surface area contributed by atoms with Crippen LogP contribution in [0.15, 0.2) is 48.5 Å². The number of aliphatic hydroxyl groups is 1. The van der Waals surface area contributed by atoms with Crippen LogP contribution in [0.3, 0.4) is 0 Å². The lowest BCUT2D eigenvalue weighted by Gasteiger charge is -2.37. The van der Waals surface area contributed by atoms with E-state index in [-0.39, 0.29) is 49.1 Å². The zero-order valence-corrected chi connectivity index (χ0v) is 19.0. The molecular formula is C26H31N3O5. The van der Waals surface area contributed by atoms with E-state index < -0.39 is 6.10 Å². The average molecular weight is 466 g/mol. The minimum absolute atomic E-state index is 0.000760. The third-order valence-electron chi connectivity index (χ3n) is 6.92. The average Bonchev–Trinajstić information content (AvgIpc) is 3.46. The van der Waals surface area contributed by atoms with Gasteiger partial charge in [-0.3, -0.25) is 4.79 Å². The Hall–Kier alpha value is -3.10. The second-order valence-corrected chi connectivity index (χ2v) is 9.35. The normalized spacial score (nSPS) is 25.7. The SMILES string of the molecule is O=C(C[C@@H]1C[C@@H]2c3cc(NC(=O)Nc4ccccc4)ccc3O[C@@H]2[C@@H](CO)O1)NC1CCCC1. The number of ether oxygens (including phenoxy) is 2. The van der Waals surface area contributed by atoms with E-state index in [2.05, 4.69) is 16.0 Å². The molecule has 3 aliphatic rings. The molecule has 0 bridgehead atoms. The molecule has 0 radical (unpaired) electrons. The van der Waals surface area contributed by atoms with Crippen molar-refractivity contribution in [2.24, 2.45) is 0 Å². The van der Waals surface area contributed by atoms with E-state index in [0.29, 0.717) is 17.8 Å². The number of rotatable bonds is 6. The van der Waals surface area contributed by atoms with Gasteiger partial charge in [-0.1, -0.05) is 31.0 Å². The molecule has 8 heteroatoms. The Balaban J connectivity index is 1.26. The molecule has 1 saturated heterocycles. The maximum absolute atomic E-state index is 12.6. The molecule has 1 saturated carbocycles. The summed E-state index contributed by atoms with van der Waals surface area (Å²) in [7, 11) is 0. The van der Waals surface area contributed by atoms with Gasteiger partial charge in [0.05, 0.1) is 19.1 Å². The van der Waals surface area contributed by atoms with Gasteiger partial charge in [0, 0.05) is 28.9 Å². The molecule has 4 atom stereocenters. The fraction of sp³-hybridized carbons (Fsp3) is 0.462. The van der Waals surface area contributed by atoms with Crippen molar-refractivity contribution in [2.45, 2.75) is 68.8 Å². The number of hydrogen-bond donors (Lipinski definition) is 4. The first-order valence-corrected chi connectivity index (χ1v) is 12.1. The van der Waals surface area contributed by atoms with Crippen molar-refractivity contribution in [3.8, 4) is 5.75 Å². The molecule has 2 fully saturated rings. The minimum Gasteiger partial charge on any atom is -0.487 e. The quantitative estimate of drug-likeness (QED) is 0.519. The lowest BCUT2D eigenvalue weighted by atomic mass is 9.84. The van der Waals surface area contributed by atoms with E-state index in [0.717, 1.165) is 37.0 Å². The third kappa shape index (κ3) is 5.03. The number of carbonyl (C=O) groups is 2. The number of aliphatic hydroxyl groups excluding tert-OH is 1. The highest BCUT2D eigenvalue weighted by Gasteiger charge is 2.46. The van der Waals surface area contributed by atoms with Crippen LogP contribution in [0.5, 0.6) is 5.75 Å². The molecule has 180 valence electrons. The lowest BCUT2D eigenvalue weighted by molar-refractivity contribution is -0.142. The van der Waals surface area contributed by atoms with Crippen molar-refractivity contribution in [2.75, 3.05) is 17.2 Å². The summed E-state index contributed by atoms with van der Waals surface area (Å²) in [6, 6.07) is 14.7. The highest BCUT2D eigenvalue weighted by Crippen LogP contribution is 2.47. The first-order chi connectivity index (χ1) is 16.6. The molecule has 2 heterocycles. The smallest absolute Gasteiger partial charge is 0.323 e. The van der Waals surface area contributed by atoms with Crippen LogP contribution in [0.25, 0.3) is 0 Å². The molecule has 0 spiro atoms. The molecule has 0 aromatic heterocycles. The summed E-state index contributed by atoms with van der Waals surface area (Å²) in [5.41, 5.74) is 2.32. The predicted molar refractivity (Wildman–Crippen MR) is 128 cm³/mol.